The Morgan fingerprint density at radius 1 is 1.09 bits per heavy atom. The first-order valence-corrected chi connectivity index (χ1v) is 9.28. The van der Waals surface area contributed by atoms with E-state index in [0.29, 0.717) is 13.2 Å². The lowest BCUT2D eigenvalue weighted by Crippen LogP contribution is -2.27. The quantitative estimate of drug-likeness (QED) is 0.805. The molecule has 0 heterocycles. The number of carbonyl (C=O) groups excluding carboxylic acids is 1. The molecular weight excluding hydrogens is 306 g/mol. The third kappa shape index (κ3) is 3.53. The molecule has 1 aliphatic rings. The molecule has 4 heteroatoms. The Morgan fingerprint density at radius 3 is 2.30 bits per heavy atom. The number of fused-ring (bicyclic) bond motifs is 3. The minimum Gasteiger partial charge on any atom is -0.449 e. The number of hydrogen-bond acceptors (Lipinski definition) is 3. The summed E-state index contributed by atoms with van der Waals surface area (Å²) in [6.07, 6.45) is 2.70. The van der Waals surface area contributed by atoms with Crippen LogP contribution in [0.5, 0.6) is 0 Å². The topological polar surface area (TPSA) is 38.3 Å². The molecule has 0 bridgehead atoms. The Labute approximate surface area is 141 Å². The first-order valence-electron chi connectivity index (χ1n) is 7.89. The smallest absolute Gasteiger partial charge is 0.407 e. The highest BCUT2D eigenvalue weighted by Gasteiger charge is 2.28. The van der Waals surface area contributed by atoms with Crippen molar-refractivity contribution in [1.29, 1.82) is 0 Å². The predicted octanol–water partition coefficient (Wildman–Crippen LogP) is 4.28. The number of carbonyl (C=O) groups is 1. The fraction of sp³-hybridized carbons (Fsp3) is 0.316. The van der Waals surface area contributed by atoms with E-state index in [-0.39, 0.29) is 12.0 Å². The zero-order valence-electron chi connectivity index (χ0n) is 13.2. The van der Waals surface area contributed by atoms with Gasteiger partial charge in [0.05, 0.1) is 0 Å². The standard InChI is InChI=1S/C19H21NO2S/c1-23-12-6-11-20-19(21)22-13-18-16-9-4-2-7-14(16)15-8-3-5-10-17(15)18/h2-5,7-10,18H,6,11-13H2,1H3,(H,20,21). The van der Waals surface area contributed by atoms with Crippen molar-refractivity contribution in [2.45, 2.75) is 12.3 Å². The van der Waals surface area contributed by atoms with Crippen molar-refractivity contribution in [3.8, 4) is 11.1 Å². The Hall–Kier alpha value is -1.94. The Balaban J connectivity index is 1.65. The van der Waals surface area contributed by atoms with E-state index in [1.54, 1.807) is 11.8 Å². The molecular formula is C19H21NO2S. The lowest BCUT2D eigenvalue weighted by atomic mass is 9.98. The van der Waals surface area contributed by atoms with Crippen LogP contribution in [0.15, 0.2) is 48.5 Å². The maximum Gasteiger partial charge on any atom is 0.407 e. The van der Waals surface area contributed by atoms with Crippen LogP contribution in [0.25, 0.3) is 11.1 Å². The summed E-state index contributed by atoms with van der Waals surface area (Å²) in [6, 6.07) is 16.7. The number of ether oxygens (including phenoxy) is 1. The van der Waals surface area contributed by atoms with Crippen molar-refractivity contribution in [2.24, 2.45) is 0 Å². The average molecular weight is 327 g/mol. The van der Waals surface area contributed by atoms with Gasteiger partial charge in [-0.2, -0.15) is 11.8 Å². The number of amides is 1. The SMILES string of the molecule is CSCCCNC(=O)OCC1c2ccccc2-c2ccccc21. The van der Waals surface area contributed by atoms with Gasteiger partial charge in [0, 0.05) is 12.5 Å². The molecule has 0 radical (unpaired) electrons. The van der Waals surface area contributed by atoms with Gasteiger partial charge in [-0.05, 0) is 40.7 Å². The van der Waals surface area contributed by atoms with Crippen molar-refractivity contribution in [3.63, 3.8) is 0 Å². The summed E-state index contributed by atoms with van der Waals surface area (Å²) < 4.78 is 5.46. The van der Waals surface area contributed by atoms with Crippen LogP contribution in [0, 0.1) is 0 Å². The van der Waals surface area contributed by atoms with Gasteiger partial charge in [-0.25, -0.2) is 4.79 Å². The van der Waals surface area contributed by atoms with Gasteiger partial charge in [-0.15, -0.1) is 0 Å². The summed E-state index contributed by atoms with van der Waals surface area (Å²) in [5.74, 6) is 1.17. The Kier molecular flexibility index (Phi) is 5.23. The molecule has 1 N–H and O–H groups in total. The monoisotopic (exact) mass is 327 g/mol. The third-order valence-electron chi connectivity index (χ3n) is 4.14. The number of rotatable bonds is 6. The zero-order chi connectivity index (χ0) is 16.1. The molecule has 0 aromatic heterocycles. The highest BCUT2D eigenvalue weighted by atomic mass is 32.2. The third-order valence-corrected chi connectivity index (χ3v) is 4.84. The molecule has 1 aliphatic carbocycles. The fourth-order valence-electron chi connectivity index (χ4n) is 3.06. The molecule has 0 unspecified atom stereocenters. The van der Waals surface area contributed by atoms with Crippen molar-refractivity contribution >= 4 is 17.9 Å². The van der Waals surface area contributed by atoms with Gasteiger partial charge in [-0.1, -0.05) is 48.5 Å². The van der Waals surface area contributed by atoms with E-state index in [2.05, 4.69) is 48.0 Å². The van der Waals surface area contributed by atoms with Gasteiger partial charge in [0.15, 0.2) is 0 Å². The van der Waals surface area contributed by atoms with Gasteiger partial charge >= 0.3 is 6.09 Å². The molecule has 0 saturated carbocycles. The molecule has 0 spiro atoms. The zero-order valence-corrected chi connectivity index (χ0v) is 14.1. The van der Waals surface area contributed by atoms with Crippen LogP contribution in [-0.2, 0) is 4.74 Å². The number of hydrogen-bond donors (Lipinski definition) is 1. The largest absolute Gasteiger partial charge is 0.449 e. The van der Waals surface area contributed by atoms with E-state index in [4.69, 9.17) is 4.74 Å². The van der Waals surface area contributed by atoms with Crippen LogP contribution in [0.3, 0.4) is 0 Å². The summed E-state index contributed by atoms with van der Waals surface area (Å²) in [6.45, 7) is 1.04. The second-order valence-electron chi connectivity index (χ2n) is 5.60. The highest BCUT2D eigenvalue weighted by molar-refractivity contribution is 7.98. The van der Waals surface area contributed by atoms with E-state index in [0.717, 1.165) is 12.2 Å². The van der Waals surface area contributed by atoms with Crippen LogP contribution >= 0.6 is 11.8 Å². The van der Waals surface area contributed by atoms with Crippen LogP contribution in [-0.4, -0.2) is 31.3 Å². The molecule has 0 fully saturated rings. The van der Waals surface area contributed by atoms with Crippen LogP contribution in [0.1, 0.15) is 23.5 Å². The molecule has 0 saturated heterocycles. The maximum absolute atomic E-state index is 11.8. The molecule has 2 aromatic rings. The molecule has 0 aliphatic heterocycles. The maximum atomic E-state index is 11.8. The lowest BCUT2D eigenvalue weighted by Gasteiger charge is -2.14. The second kappa shape index (κ2) is 7.55. The summed E-state index contributed by atoms with van der Waals surface area (Å²) >= 11 is 1.78. The number of benzene rings is 2. The summed E-state index contributed by atoms with van der Waals surface area (Å²) in [5, 5.41) is 2.81. The van der Waals surface area contributed by atoms with Crippen LogP contribution in [0.2, 0.25) is 0 Å². The van der Waals surface area contributed by atoms with E-state index in [1.807, 2.05) is 12.1 Å². The average Bonchev–Trinajstić information content (AvgIpc) is 2.91. The van der Waals surface area contributed by atoms with E-state index < -0.39 is 0 Å². The van der Waals surface area contributed by atoms with E-state index in [9.17, 15) is 4.79 Å². The molecule has 23 heavy (non-hydrogen) atoms. The first kappa shape index (κ1) is 15.9. The highest BCUT2D eigenvalue weighted by Crippen LogP contribution is 2.44. The van der Waals surface area contributed by atoms with E-state index >= 15 is 0 Å². The van der Waals surface area contributed by atoms with Gasteiger partial charge in [0.1, 0.15) is 6.61 Å². The van der Waals surface area contributed by atoms with Crippen molar-refractivity contribution in [1.82, 2.24) is 5.32 Å². The van der Waals surface area contributed by atoms with Gasteiger partial charge in [-0.3, -0.25) is 0 Å². The molecule has 3 nitrogen and oxygen atoms in total. The lowest BCUT2D eigenvalue weighted by molar-refractivity contribution is 0.143. The molecule has 0 atom stereocenters. The van der Waals surface area contributed by atoms with Crippen LogP contribution < -0.4 is 5.32 Å². The molecule has 2 aromatic carbocycles. The number of thioether (sulfide) groups is 1. The normalized spacial score (nSPS) is 12.6. The van der Waals surface area contributed by atoms with Gasteiger partial charge < -0.3 is 10.1 Å². The second-order valence-corrected chi connectivity index (χ2v) is 6.58. The number of nitrogens with one attached hydrogen (secondary N) is 1. The van der Waals surface area contributed by atoms with E-state index in [1.165, 1.54) is 22.3 Å². The Morgan fingerprint density at radius 2 is 1.70 bits per heavy atom. The molecule has 120 valence electrons. The number of alkyl carbamates (subject to hydrolysis) is 1. The molecule has 1 amide bonds. The first-order chi connectivity index (χ1) is 11.3. The van der Waals surface area contributed by atoms with Gasteiger partial charge in [0.25, 0.3) is 0 Å². The fourth-order valence-corrected chi connectivity index (χ4v) is 3.49. The molecule has 3 rings (SSSR count). The predicted molar refractivity (Wildman–Crippen MR) is 96.1 cm³/mol. The van der Waals surface area contributed by atoms with Crippen LogP contribution in [0.4, 0.5) is 4.79 Å². The van der Waals surface area contributed by atoms with Crippen molar-refractivity contribution < 1.29 is 9.53 Å². The summed E-state index contributed by atoms with van der Waals surface area (Å²) in [4.78, 5) is 11.8. The van der Waals surface area contributed by atoms with Gasteiger partial charge in [0.2, 0.25) is 0 Å². The van der Waals surface area contributed by atoms with Crippen molar-refractivity contribution in [2.75, 3.05) is 25.2 Å². The minimum absolute atomic E-state index is 0.124. The van der Waals surface area contributed by atoms with Crippen molar-refractivity contribution in [3.05, 3.63) is 59.7 Å². The summed E-state index contributed by atoms with van der Waals surface area (Å²) in [7, 11) is 0. The summed E-state index contributed by atoms with van der Waals surface area (Å²) in [5.41, 5.74) is 4.97. The Bertz CT molecular complexity index is 641. The minimum atomic E-state index is -0.326.